The molecule has 10 heteroatoms. The first kappa shape index (κ1) is 19.7. The lowest BCUT2D eigenvalue weighted by Gasteiger charge is -2.39. The highest BCUT2D eigenvalue weighted by molar-refractivity contribution is 6.26. The molecule has 0 aromatic carbocycles. The van der Waals surface area contributed by atoms with Crippen LogP contribution in [0.4, 0.5) is 10.5 Å². The Bertz CT molecular complexity index is 1080. The molecule has 4 atom stereocenters. The average molecular weight is 425 g/mol. The van der Waals surface area contributed by atoms with Crippen LogP contribution in [0.3, 0.4) is 0 Å². The molecule has 0 bridgehead atoms. The fourth-order valence-electron chi connectivity index (χ4n) is 5.13. The van der Waals surface area contributed by atoms with E-state index in [1.165, 1.54) is 7.11 Å². The van der Waals surface area contributed by atoms with Crippen molar-refractivity contribution >= 4 is 23.3 Å². The normalized spacial score (nSPS) is 30.9. The smallest absolute Gasteiger partial charge is 0.404 e. The maximum absolute atomic E-state index is 13.7. The number of ketones is 2. The Morgan fingerprint density at radius 2 is 2.13 bits per heavy atom. The molecule has 31 heavy (non-hydrogen) atoms. The molecular formula is C21H23N5O5. The van der Waals surface area contributed by atoms with Crippen molar-refractivity contribution in [3.05, 3.63) is 46.6 Å². The Morgan fingerprint density at radius 1 is 1.35 bits per heavy atom. The van der Waals surface area contributed by atoms with E-state index in [1.807, 2.05) is 17.9 Å². The Hall–Kier alpha value is -3.24. The highest BCUT2D eigenvalue weighted by atomic mass is 16.6. The number of carbonyl (C=O) groups is 3. The largest absolute Gasteiger partial charge is 0.449 e. The lowest BCUT2D eigenvalue weighted by Crippen LogP contribution is -2.55. The SMILES string of the molecule is CO[C@@]12[C@H](COC(N)=O)C3=C(C(=O)C(C)=C(Nc4ccc(C)nc4)C3=O)N1C[C@@H]1N[C@@H]12. The fourth-order valence-corrected chi connectivity index (χ4v) is 5.13. The van der Waals surface area contributed by atoms with Gasteiger partial charge in [-0.2, -0.15) is 0 Å². The average Bonchev–Trinajstić information content (AvgIpc) is 3.35. The molecule has 4 heterocycles. The first-order valence-corrected chi connectivity index (χ1v) is 10.0. The molecule has 162 valence electrons. The number of ether oxygens (including phenoxy) is 2. The summed E-state index contributed by atoms with van der Waals surface area (Å²) in [6.07, 6.45) is 0.656. The number of pyridine rings is 1. The first-order chi connectivity index (χ1) is 14.8. The van der Waals surface area contributed by atoms with Crippen LogP contribution >= 0.6 is 0 Å². The molecule has 10 nitrogen and oxygen atoms in total. The molecule has 4 aliphatic rings. The van der Waals surface area contributed by atoms with Gasteiger partial charge in [0.15, 0.2) is 5.72 Å². The van der Waals surface area contributed by atoms with Crippen LogP contribution in [0.25, 0.3) is 0 Å². The Morgan fingerprint density at radius 3 is 2.77 bits per heavy atom. The van der Waals surface area contributed by atoms with E-state index < -0.39 is 17.7 Å². The van der Waals surface area contributed by atoms with Gasteiger partial charge in [0.05, 0.1) is 35.2 Å². The number of aryl methyl sites for hydroxylation is 1. The first-order valence-electron chi connectivity index (χ1n) is 10.0. The Kier molecular flexibility index (Phi) is 4.21. The van der Waals surface area contributed by atoms with Crippen molar-refractivity contribution < 1.29 is 23.9 Å². The number of allylic oxidation sites excluding steroid dienone is 2. The summed E-state index contributed by atoms with van der Waals surface area (Å²) in [6, 6.07) is 3.67. The van der Waals surface area contributed by atoms with Crippen molar-refractivity contribution in [2.45, 2.75) is 31.7 Å². The summed E-state index contributed by atoms with van der Waals surface area (Å²) < 4.78 is 11.1. The van der Waals surface area contributed by atoms with Gasteiger partial charge in [-0.25, -0.2) is 4.79 Å². The zero-order valence-electron chi connectivity index (χ0n) is 17.4. The number of methoxy groups -OCH3 is 1. The minimum Gasteiger partial charge on any atom is -0.449 e. The van der Waals surface area contributed by atoms with Crippen molar-refractivity contribution in [1.29, 1.82) is 0 Å². The quantitative estimate of drug-likeness (QED) is 0.445. The van der Waals surface area contributed by atoms with E-state index in [0.29, 0.717) is 23.5 Å². The van der Waals surface area contributed by atoms with Crippen LogP contribution in [0.5, 0.6) is 0 Å². The van der Waals surface area contributed by atoms with Crippen LogP contribution in [-0.2, 0) is 19.1 Å². The standard InChI is InChI=1S/C21H23N5O5/c1-9-4-5-11(6-23-9)24-15-10(2)17(27)16-14(18(15)28)12(8-31-20(22)29)21(30-3)19-13(25-19)7-26(16)21/h4-6,12-13,19,24-25H,7-8H2,1-3H3,(H2,22,29)/t12-,13+,19+,21-/m1/s1. The maximum atomic E-state index is 13.7. The van der Waals surface area contributed by atoms with E-state index in [0.717, 1.165) is 5.69 Å². The third kappa shape index (κ3) is 2.64. The summed E-state index contributed by atoms with van der Waals surface area (Å²) in [4.78, 5) is 44.6. The number of rotatable bonds is 5. The molecule has 0 saturated carbocycles. The number of nitrogens with zero attached hydrogens (tertiary/aromatic N) is 2. The second-order valence-corrected chi connectivity index (χ2v) is 8.23. The molecule has 1 amide bonds. The molecule has 0 radical (unpaired) electrons. The number of hydrogen-bond donors (Lipinski definition) is 3. The molecule has 5 rings (SSSR count). The summed E-state index contributed by atoms with van der Waals surface area (Å²) in [5.41, 5.74) is 6.76. The Balaban J connectivity index is 1.56. The minimum atomic E-state index is -0.989. The molecule has 1 aromatic rings. The number of fused-ring (bicyclic) bond motifs is 4. The van der Waals surface area contributed by atoms with Crippen LogP contribution in [0.2, 0.25) is 0 Å². The lowest BCUT2D eigenvalue weighted by molar-refractivity contribution is -0.137. The van der Waals surface area contributed by atoms with Crippen LogP contribution in [-0.4, -0.2) is 65.6 Å². The minimum absolute atomic E-state index is 0.0804. The highest BCUT2D eigenvalue weighted by Gasteiger charge is 2.72. The van der Waals surface area contributed by atoms with E-state index in [9.17, 15) is 14.4 Å². The van der Waals surface area contributed by atoms with Crippen molar-refractivity contribution in [1.82, 2.24) is 15.2 Å². The number of hydrogen-bond acceptors (Lipinski definition) is 9. The molecular weight excluding hydrogens is 402 g/mol. The van der Waals surface area contributed by atoms with Gasteiger partial charge in [0.2, 0.25) is 11.6 Å². The number of amides is 1. The van der Waals surface area contributed by atoms with Gasteiger partial charge >= 0.3 is 6.09 Å². The van der Waals surface area contributed by atoms with E-state index >= 15 is 0 Å². The second-order valence-electron chi connectivity index (χ2n) is 8.23. The Labute approximate surface area is 178 Å². The zero-order valence-corrected chi connectivity index (χ0v) is 17.4. The number of Topliss-reactive ketones (excluding diaryl/α,β-unsaturated/α-hetero) is 2. The van der Waals surface area contributed by atoms with Gasteiger partial charge in [-0.1, -0.05) is 0 Å². The van der Waals surface area contributed by atoms with Gasteiger partial charge in [-0.15, -0.1) is 0 Å². The number of nitrogens with one attached hydrogen (secondary N) is 2. The molecule has 0 spiro atoms. The van der Waals surface area contributed by atoms with E-state index in [-0.39, 0.29) is 41.5 Å². The molecule has 1 aromatic heterocycles. The third-order valence-electron chi connectivity index (χ3n) is 6.61. The second kappa shape index (κ2) is 6.63. The zero-order chi connectivity index (χ0) is 22.1. The summed E-state index contributed by atoms with van der Waals surface area (Å²) in [7, 11) is 1.54. The molecule has 0 unspecified atom stereocenters. The summed E-state index contributed by atoms with van der Waals surface area (Å²) in [5.74, 6) is -1.24. The van der Waals surface area contributed by atoms with E-state index in [2.05, 4.69) is 15.6 Å². The van der Waals surface area contributed by atoms with Gasteiger partial charge in [-0.3, -0.25) is 14.6 Å². The molecule has 2 saturated heterocycles. The van der Waals surface area contributed by atoms with E-state index in [1.54, 1.807) is 19.2 Å². The maximum Gasteiger partial charge on any atom is 0.404 e. The fraction of sp³-hybridized carbons (Fsp3) is 0.429. The van der Waals surface area contributed by atoms with E-state index in [4.69, 9.17) is 15.2 Å². The number of carbonyl (C=O) groups excluding carboxylic acids is 3. The third-order valence-corrected chi connectivity index (χ3v) is 6.61. The lowest BCUT2D eigenvalue weighted by atomic mass is 9.82. The van der Waals surface area contributed by atoms with Crippen molar-refractivity contribution in [3.63, 3.8) is 0 Å². The van der Waals surface area contributed by atoms with Crippen LogP contribution < -0.4 is 16.4 Å². The topological polar surface area (TPSA) is 146 Å². The molecule has 3 aliphatic heterocycles. The van der Waals surface area contributed by atoms with Gasteiger partial charge < -0.3 is 30.7 Å². The number of primary amides is 1. The molecule has 1 aliphatic carbocycles. The predicted molar refractivity (Wildman–Crippen MR) is 109 cm³/mol. The molecule has 4 N–H and O–H groups in total. The highest BCUT2D eigenvalue weighted by Crippen LogP contribution is 2.55. The van der Waals surface area contributed by atoms with Crippen molar-refractivity contribution in [2.24, 2.45) is 11.7 Å². The summed E-state index contributed by atoms with van der Waals surface area (Å²) in [5, 5.41) is 6.39. The van der Waals surface area contributed by atoms with Crippen LogP contribution in [0.15, 0.2) is 40.9 Å². The monoisotopic (exact) mass is 425 g/mol. The van der Waals surface area contributed by atoms with Gasteiger partial charge in [-0.05, 0) is 26.0 Å². The predicted octanol–water partition coefficient (Wildman–Crippen LogP) is 0.206. The van der Waals surface area contributed by atoms with Gasteiger partial charge in [0.25, 0.3) is 0 Å². The number of aromatic nitrogens is 1. The van der Waals surface area contributed by atoms with Gasteiger partial charge in [0, 0.05) is 36.5 Å². The summed E-state index contributed by atoms with van der Waals surface area (Å²) in [6.45, 7) is 3.85. The van der Waals surface area contributed by atoms with Gasteiger partial charge in [0.1, 0.15) is 6.61 Å². The summed E-state index contributed by atoms with van der Waals surface area (Å²) >= 11 is 0. The number of nitrogens with two attached hydrogens (primary N) is 1. The van der Waals surface area contributed by atoms with Crippen molar-refractivity contribution in [3.8, 4) is 0 Å². The number of anilines is 1. The molecule has 2 fully saturated rings. The van der Waals surface area contributed by atoms with Crippen molar-refractivity contribution in [2.75, 3.05) is 25.6 Å². The van der Waals surface area contributed by atoms with Crippen LogP contribution in [0.1, 0.15) is 12.6 Å². The van der Waals surface area contributed by atoms with Crippen LogP contribution in [0, 0.1) is 12.8 Å². The number of piperazine rings is 1.